The Bertz CT molecular complexity index is 3980. The minimum Gasteiger partial charge on any atom is -0.481 e. The molecule has 1 aliphatic carbocycles. The number of ether oxygens (including phenoxy) is 1. The van der Waals surface area contributed by atoms with Gasteiger partial charge in [0.2, 0.25) is 17.7 Å². The number of fused-ring (bicyclic) bond motifs is 14. The lowest BCUT2D eigenvalue weighted by atomic mass is 9.81. The molecule has 0 radical (unpaired) electrons. The molecular weight excluding hydrogens is 1280 g/mol. The molecule has 10 rings (SSSR count). The summed E-state index contributed by atoms with van der Waals surface area (Å²) in [7, 11) is 2.92. The molecule has 10 bridgehead atoms. The number of aromatic nitrogens is 7. The van der Waals surface area contributed by atoms with Crippen molar-refractivity contribution in [1.82, 2.24) is 61.5 Å². The number of carbonyl (C=O) groups is 8. The van der Waals surface area contributed by atoms with Crippen LogP contribution < -0.4 is 31.5 Å². The minimum atomic E-state index is -1.31. The van der Waals surface area contributed by atoms with E-state index in [0.717, 1.165) is 34.0 Å². The number of amides is 6. The van der Waals surface area contributed by atoms with Gasteiger partial charge < -0.3 is 46.6 Å². The van der Waals surface area contributed by atoms with Gasteiger partial charge in [-0.25, -0.2) is 34.9 Å². The number of nitrogens with zero attached hydrogens (tertiary/aromatic N) is 8. The van der Waals surface area contributed by atoms with E-state index in [1.165, 1.54) is 53.1 Å². The summed E-state index contributed by atoms with van der Waals surface area (Å²) in [5.74, 6) is -6.21. The van der Waals surface area contributed by atoms with Crippen LogP contribution in [0.5, 0.6) is 0 Å². The third-order valence-electron chi connectivity index (χ3n) is 15.0. The largest absolute Gasteiger partial charge is 0.481 e. The van der Waals surface area contributed by atoms with E-state index in [-0.39, 0.29) is 72.1 Å². The summed E-state index contributed by atoms with van der Waals surface area (Å²) in [5.41, 5.74) is 2.40. The Hall–Kier alpha value is -8.17. The van der Waals surface area contributed by atoms with Gasteiger partial charge in [0.1, 0.15) is 82.2 Å². The number of aryl methyl sites for hydroxylation is 1. The summed E-state index contributed by atoms with van der Waals surface area (Å²) >= 11 is 7.04. The van der Waals surface area contributed by atoms with Crippen molar-refractivity contribution >= 4 is 121 Å². The molecule has 1 fully saturated rings. The van der Waals surface area contributed by atoms with Gasteiger partial charge in [-0.05, 0) is 62.6 Å². The van der Waals surface area contributed by atoms with Crippen LogP contribution in [0.4, 0.5) is 5.82 Å². The monoisotopic (exact) mass is 1340 g/mol. The molecular formula is C59H61N13O12S6. The molecule has 6 amide bonds. The molecule has 31 heteroatoms. The summed E-state index contributed by atoms with van der Waals surface area (Å²) in [4.78, 5) is 144. The Kier molecular flexibility index (Phi) is 20.7. The number of carbonyl (C=O) groups excluding carboxylic acids is 6. The van der Waals surface area contributed by atoms with Crippen molar-refractivity contribution in [2.45, 2.75) is 96.6 Å². The van der Waals surface area contributed by atoms with Gasteiger partial charge >= 0.3 is 11.9 Å². The first kappa shape index (κ1) is 64.8. The zero-order valence-corrected chi connectivity index (χ0v) is 53.9. The number of aliphatic hydroxyl groups is 1. The molecule has 1 aromatic carbocycles. The molecule has 8 aromatic rings. The second kappa shape index (κ2) is 28.8. The average molecular weight is 1340 g/mol. The SMILES string of the molecule is CNC(=O)C[C@@H]1NC(=O)c2csc(n2)-c2ccc(-c3nc(N(CCCC(=O)O)C(=O)C4CCC(C(=O)O)CC4)cs3)nc2-c2csc(n2)-c2csc(n2)[C@H]([C@@H](O)c2ccccc2)NC(=O)CNC(=O)c2nc(sc2COC)[C@H](C(C)C)NC(=O)c2nc1sc2C. The highest BCUT2D eigenvalue weighted by atomic mass is 32.1. The van der Waals surface area contributed by atoms with Crippen molar-refractivity contribution in [2.24, 2.45) is 17.8 Å². The third kappa shape index (κ3) is 14.8. The number of carboxylic acids is 2. The van der Waals surface area contributed by atoms with E-state index in [2.05, 4.69) is 26.6 Å². The summed E-state index contributed by atoms with van der Waals surface area (Å²) in [5, 5.41) is 54.1. The van der Waals surface area contributed by atoms with Crippen LogP contribution in [0, 0.1) is 24.7 Å². The normalized spacial score (nSPS) is 18.6. The number of aliphatic carboxylic acids is 2. The predicted molar refractivity (Wildman–Crippen MR) is 339 cm³/mol. The highest BCUT2D eigenvalue weighted by molar-refractivity contribution is 7.15. The molecule has 470 valence electrons. The standard InChI is InChI=1S/C59H61N13O12S6/c1-27(2)43-57-71-46(38(90-57)22-84-5)50(79)61-21-41(74)68-47(48(77)29-10-7-6-8-11-29)56-66-37(25-87-56)54-64-35(23-86-54)45-32(52-65-36(24-85-52)49(78)63-34(20-40(73)60-4)55-70-44(28(3)89-55)51(80)69-43)17-18-33(62-45)53-67-39(26-88-53)72(19-9-12-42(75)76)58(81)30-13-15-31(16-14-30)59(82)83/h6-8,10-11,17-18,23-27,30-31,34,43,47-48,77H,9,12-16,19-22H2,1-5H3,(H,60,73)(H,61,79)(H,63,78)(H,68,74)(H,69,80)(H,75,76)(H,82,83)/t30?,31?,34-,43-,47-,48-/m0/s1. The first-order chi connectivity index (χ1) is 43.3. The van der Waals surface area contributed by atoms with E-state index in [9.17, 15) is 53.7 Å². The maximum absolute atomic E-state index is 14.4. The second-order valence-corrected chi connectivity index (χ2v) is 27.3. The Labute approximate surface area is 538 Å². The van der Waals surface area contributed by atoms with Crippen LogP contribution in [0.25, 0.3) is 43.4 Å². The lowest BCUT2D eigenvalue weighted by Gasteiger charge is -2.30. The van der Waals surface area contributed by atoms with Gasteiger partial charge in [0.15, 0.2) is 0 Å². The van der Waals surface area contributed by atoms with E-state index in [1.54, 1.807) is 70.9 Å². The van der Waals surface area contributed by atoms with Gasteiger partial charge in [0.25, 0.3) is 17.7 Å². The molecule has 25 nitrogen and oxygen atoms in total. The first-order valence-electron chi connectivity index (χ1n) is 28.5. The quantitative estimate of drug-likeness (QED) is 0.0477. The summed E-state index contributed by atoms with van der Waals surface area (Å²) < 4.78 is 5.45. The molecule has 8 N–H and O–H groups in total. The Balaban J connectivity index is 1.05. The fourth-order valence-electron chi connectivity index (χ4n) is 10.2. The van der Waals surface area contributed by atoms with Crippen LogP contribution in [-0.2, 0) is 35.3 Å². The number of carboxylic acid groups (broad SMARTS) is 2. The Morgan fingerprint density at radius 1 is 0.689 bits per heavy atom. The molecule has 1 saturated carbocycles. The van der Waals surface area contributed by atoms with E-state index < -0.39 is 84.1 Å². The van der Waals surface area contributed by atoms with Gasteiger partial charge in [-0.3, -0.25) is 43.3 Å². The van der Waals surface area contributed by atoms with Gasteiger partial charge in [0, 0.05) is 65.0 Å². The van der Waals surface area contributed by atoms with Gasteiger partial charge in [-0.1, -0.05) is 44.2 Å². The summed E-state index contributed by atoms with van der Waals surface area (Å²) in [6, 6.07) is 9.30. The number of rotatable bonds is 15. The van der Waals surface area contributed by atoms with Crippen LogP contribution in [0.15, 0.2) is 64.0 Å². The van der Waals surface area contributed by atoms with Gasteiger partial charge in [-0.2, -0.15) is 0 Å². The number of hydrogen-bond acceptors (Lipinski definition) is 23. The van der Waals surface area contributed by atoms with E-state index in [1.807, 2.05) is 13.8 Å². The van der Waals surface area contributed by atoms with Crippen LogP contribution in [0.3, 0.4) is 0 Å². The predicted octanol–water partition coefficient (Wildman–Crippen LogP) is 8.40. The molecule has 0 spiro atoms. The summed E-state index contributed by atoms with van der Waals surface area (Å²) in [6.07, 6.45) is -0.226. The zero-order chi connectivity index (χ0) is 63.9. The lowest BCUT2D eigenvalue weighted by Crippen LogP contribution is -2.40. The number of hydrogen-bond donors (Lipinski definition) is 8. The topological polar surface area (TPSA) is 360 Å². The molecule has 0 saturated heterocycles. The van der Waals surface area contributed by atoms with E-state index in [4.69, 9.17) is 39.6 Å². The van der Waals surface area contributed by atoms with E-state index in [0.29, 0.717) is 94.4 Å². The van der Waals surface area contributed by atoms with E-state index >= 15 is 0 Å². The van der Waals surface area contributed by atoms with Crippen molar-refractivity contribution in [2.75, 3.05) is 32.1 Å². The van der Waals surface area contributed by atoms with Crippen molar-refractivity contribution in [3.63, 3.8) is 0 Å². The summed E-state index contributed by atoms with van der Waals surface area (Å²) in [6.45, 7) is 4.95. The first-order valence-corrected chi connectivity index (χ1v) is 33.6. The number of methoxy groups -OCH3 is 1. The number of anilines is 1. The smallest absolute Gasteiger partial charge is 0.306 e. The van der Waals surface area contributed by atoms with Crippen LogP contribution >= 0.6 is 68.0 Å². The average Bonchev–Trinajstić information content (AvgIpc) is 1.76. The molecule has 90 heavy (non-hydrogen) atoms. The molecule has 1 aliphatic heterocycles. The van der Waals surface area contributed by atoms with Crippen molar-refractivity contribution in [3.8, 4) is 43.4 Å². The van der Waals surface area contributed by atoms with Crippen molar-refractivity contribution in [3.05, 3.63) is 111 Å². The molecule has 0 unspecified atom stereocenters. The van der Waals surface area contributed by atoms with Gasteiger partial charge in [-0.15, -0.1) is 68.0 Å². The highest BCUT2D eigenvalue weighted by Crippen LogP contribution is 2.41. The molecule has 2 aliphatic rings. The molecule has 4 atom stereocenters. The number of thiazole rings is 6. The van der Waals surface area contributed by atoms with Gasteiger partial charge in [0.05, 0.1) is 48.1 Å². The van der Waals surface area contributed by atoms with Crippen LogP contribution in [0.1, 0.15) is 145 Å². The number of nitrogens with one attached hydrogen (secondary N) is 5. The number of pyridine rings is 1. The van der Waals surface area contributed by atoms with Crippen LogP contribution in [-0.4, -0.2) is 125 Å². The highest BCUT2D eigenvalue weighted by Gasteiger charge is 2.36. The molecule has 8 heterocycles. The Morgan fingerprint density at radius 2 is 1.38 bits per heavy atom. The maximum atomic E-state index is 14.4. The fourth-order valence-corrected chi connectivity index (χ4v) is 15.8. The van der Waals surface area contributed by atoms with Crippen LogP contribution in [0.2, 0.25) is 0 Å². The second-order valence-electron chi connectivity index (χ2n) is 21.5. The lowest BCUT2D eigenvalue weighted by molar-refractivity contribution is -0.144. The zero-order valence-electron chi connectivity index (χ0n) is 49.0. The minimum absolute atomic E-state index is 0.00627. The van der Waals surface area contributed by atoms with Crippen molar-refractivity contribution < 1.29 is 58.4 Å². The van der Waals surface area contributed by atoms with Crippen molar-refractivity contribution in [1.29, 1.82) is 0 Å². The Morgan fingerprint density at radius 3 is 2.10 bits per heavy atom. The maximum Gasteiger partial charge on any atom is 0.306 e. The fraction of sp³-hybridized carbons (Fsp3) is 0.373. The number of aliphatic hydroxyl groups excluding tert-OH is 1. The molecule has 7 aromatic heterocycles. The number of benzene rings is 1. The third-order valence-corrected chi connectivity index (χ3v) is 20.7.